The van der Waals surface area contributed by atoms with Crippen molar-refractivity contribution in [3.8, 4) is 0 Å². The van der Waals surface area contributed by atoms with Crippen molar-refractivity contribution in [3.63, 3.8) is 0 Å². The summed E-state index contributed by atoms with van der Waals surface area (Å²) in [5.41, 5.74) is 1.77. The van der Waals surface area contributed by atoms with Crippen molar-refractivity contribution in [2.24, 2.45) is 0 Å². The second-order valence-corrected chi connectivity index (χ2v) is 6.25. The molecule has 0 aliphatic rings. The molecule has 1 aromatic carbocycles. The minimum atomic E-state index is -0.584. The first kappa shape index (κ1) is 12.4. The Bertz CT molecular complexity index is 509. The number of benzene rings is 1. The zero-order valence-electron chi connectivity index (χ0n) is 8.58. The summed E-state index contributed by atoms with van der Waals surface area (Å²) >= 11 is 9.85. The molecule has 1 aromatic heterocycles. The smallest absolute Gasteiger partial charge is 0.105 e. The molecule has 0 amide bonds. The Morgan fingerprint density at radius 1 is 1.31 bits per heavy atom. The highest BCUT2D eigenvalue weighted by Gasteiger charge is 2.12. The summed E-state index contributed by atoms with van der Waals surface area (Å²) in [7, 11) is 0. The van der Waals surface area contributed by atoms with Crippen LogP contribution in [0.2, 0.25) is 5.02 Å². The molecular weight excluding hydrogens is 355 g/mol. The molecule has 0 aliphatic heterocycles. The maximum Gasteiger partial charge on any atom is 0.105 e. The zero-order chi connectivity index (χ0) is 11.7. The third-order valence-electron chi connectivity index (χ3n) is 2.33. The molecular formula is C12H10ClIOS. The van der Waals surface area contributed by atoms with E-state index in [9.17, 15) is 5.11 Å². The lowest BCUT2D eigenvalue weighted by Gasteiger charge is -2.10. The highest BCUT2D eigenvalue weighted by Crippen LogP contribution is 2.29. The van der Waals surface area contributed by atoms with Gasteiger partial charge in [-0.2, -0.15) is 0 Å². The van der Waals surface area contributed by atoms with Gasteiger partial charge in [-0.25, -0.2) is 0 Å². The van der Waals surface area contributed by atoms with Gasteiger partial charge in [-0.05, 0) is 64.2 Å². The fourth-order valence-electron chi connectivity index (χ4n) is 1.48. The number of aliphatic hydroxyl groups is 1. The molecule has 0 saturated carbocycles. The Morgan fingerprint density at radius 3 is 2.62 bits per heavy atom. The highest BCUT2D eigenvalue weighted by molar-refractivity contribution is 14.1. The Hall–Kier alpha value is -0.100. The van der Waals surface area contributed by atoms with Crippen molar-refractivity contribution in [1.82, 2.24) is 0 Å². The lowest BCUT2D eigenvalue weighted by atomic mass is 10.0. The van der Waals surface area contributed by atoms with Crippen LogP contribution in [0.5, 0.6) is 0 Å². The van der Waals surface area contributed by atoms with Crippen LogP contribution in [0.1, 0.15) is 22.1 Å². The molecule has 0 spiro atoms. The highest BCUT2D eigenvalue weighted by atomic mass is 127. The summed E-state index contributed by atoms with van der Waals surface area (Å²) in [5.74, 6) is 0. The van der Waals surface area contributed by atoms with Crippen LogP contribution in [0.4, 0.5) is 0 Å². The number of halogens is 2. The van der Waals surface area contributed by atoms with Gasteiger partial charge in [-0.1, -0.05) is 17.7 Å². The maximum absolute atomic E-state index is 10.2. The first-order valence-corrected chi connectivity index (χ1v) is 7.09. The van der Waals surface area contributed by atoms with E-state index < -0.39 is 6.10 Å². The molecule has 16 heavy (non-hydrogen) atoms. The Morgan fingerprint density at radius 2 is 2.06 bits per heavy atom. The van der Waals surface area contributed by atoms with E-state index in [1.807, 2.05) is 36.6 Å². The van der Waals surface area contributed by atoms with Crippen molar-refractivity contribution in [1.29, 1.82) is 0 Å². The molecule has 1 unspecified atom stereocenters. The SMILES string of the molecule is Cc1cc(C(O)c2ccc(I)c(Cl)c2)cs1. The molecule has 4 heteroatoms. The first-order chi connectivity index (χ1) is 7.58. The first-order valence-electron chi connectivity index (χ1n) is 4.76. The fraction of sp³-hybridized carbons (Fsp3) is 0.167. The van der Waals surface area contributed by atoms with Crippen LogP contribution in [0.25, 0.3) is 0 Å². The van der Waals surface area contributed by atoms with Crippen molar-refractivity contribution >= 4 is 45.5 Å². The standard InChI is InChI=1S/C12H10ClIOS/c1-7-4-9(6-16-7)12(15)8-2-3-11(14)10(13)5-8/h2-6,12,15H,1H3. The summed E-state index contributed by atoms with van der Waals surface area (Å²) < 4.78 is 0.997. The van der Waals surface area contributed by atoms with Gasteiger partial charge in [-0.15, -0.1) is 11.3 Å². The van der Waals surface area contributed by atoms with Crippen LogP contribution in [0.15, 0.2) is 29.6 Å². The zero-order valence-corrected chi connectivity index (χ0v) is 12.3. The van der Waals surface area contributed by atoms with Crippen molar-refractivity contribution in [2.45, 2.75) is 13.0 Å². The van der Waals surface area contributed by atoms with Crippen molar-refractivity contribution in [3.05, 3.63) is 54.2 Å². The molecule has 1 heterocycles. The normalized spacial score (nSPS) is 12.8. The Labute approximate surface area is 117 Å². The van der Waals surface area contributed by atoms with Crippen LogP contribution >= 0.6 is 45.5 Å². The van der Waals surface area contributed by atoms with Crippen molar-refractivity contribution < 1.29 is 5.11 Å². The fourth-order valence-corrected chi connectivity index (χ4v) is 2.73. The molecule has 1 atom stereocenters. The van der Waals surface area contributed by atoms with Crippen LogP contribution in [-0.2, 0) is 0 Å². The number of rotatable bonds is 2. The maximum atomic E-state index is 10.2. The largest absolute Gasteiger partial charge is 0.384 e. The van der Waals surface area contributed by atoms with E-state index in [1.54, 1.807) is 11.3 Å². The molecule has 84 valence electrons. The second-order valence-electron chi connectivity index (χ2n) is 3.57. The second kappa shape index (κ2) is 5.04. The minimum Gasteiger partial charge on any atom is -0.384 e. The monoisotopic (exact) mass is 364 g/mol. The van der Waals surface area contributed by atoms with E-state index in [4.69, 9.17) is 11.6 Å². The average Bonchev–Trinajstić information content (AvgIpc) is 2.68. The van der Waals surface area contributed by atoms with Crippen LogP contribution < -0.4 is 0 Å². The lowest BCUT2D eigenvalue weighted by Crippen LogP contribution is -1.98. The van der Waals surface area contributed by atoms with E-state index in [1.165, 1.54) is 4.88 Å². The van der Waals surface area contributed by atoms with E-state index in [-0.39, 0.29) is 0 Å². The molecule has 0 aliphatic carbocycles. The lowest BCUT2D eigenvalue weighted by molar-refractivity contribution is 0.221. The van der Waals surface area contributed by atoms with Crippen LogP contribution in [-0.4, -0.2) is 5.11 Å². The number of thiophene rings is 1. The molecule has 0 radical (unpaired) electrons. The van der Waals surface area contributed by atoms with E-state index >= 15 is 0 Å². The van der Waals surface area contributed by atoms with E-state index in [0.717, 1.165) is 14.7 Å². The van der Waals surface area contributed by atoms with Gasteiger partial charge >= 0.3 is 0 Å². The molecule has 2 aromatic rings. The van der Waals surface area contributed by atoms with E-state index in [0.29, 0.717) is 5.02 Å². The quantitative estimate of drug-likeness (QED) is 0.783. The minimum absolute atomic E-state index is 0.584. The molecule has 1 N–H and O–H groups in total. The topological polar surface area (TPSA) is 20.2 Å². The van der Waals surface area contributed by atoms with Crippen molar-refractivity contribution in [2.75, 3.05) is 0 Å². The third-order valence-corrected chi connectivity index (χ3v) is 4.78. The number of hydrogen-bond donors (Lipinski definition) is 1. The summed E-state index contributed by atoms with van der Waals surface area (Å²) in [4.78, 5) is 1.20. The van der Waals surface area contributed by atoms with Gasteiger partial charge in [0.2, 0.25) is 0 Å². The molecule has 0 bridgehead atoms. The summed E-state index contributed by atoms with van der Waals surface area (Å²) in [6.07, 6.45) is -0.584. The third kappa shape index (κ3) is 2.59. The summed E-state index contributed by atoms with van der Waals surface area (Å²) in [5, 5.41) is 12.8. The summed E-state index contributed by atoms with van der Waals surface area (Å²) in [6.45, 7) is 2.03. The van der Waals surface area contributed by atoms with Gasteiger partial charge < -0.3 is 5.11 Å². The van der Waals surface area contributed by atoms with Gasteiger partial charge in [-0.3, -0.25) is 0 Å². The predicted molar refractivity (Wildman–Crippen MR) is 77.3 cm³/mol. The number of aryl methyl sites for hydroxylation is 1. The van der Waals surface area contributed by atoms with Gasteiger partial charge in [0.25, 0.3) is 0 Å². The molecule has 0 fully saturated rings. The molecule has 1 nitrogen and oxygen atoms in total. The molecule has 0 saturated heterocycles. The average molecular weight is 365 g/mol. The van der Waals surface area contributed by atoms with Gasteiger partial charge in [0, 0.05) is 8.45 Å². The summed E-state index contributed by atoms with van der Waals surface area (Å²) in [6, 6.07) is 7.65. The number of hydrogen-bond acceptors (Lipinski definition) is 2. The van der Waals surface area contributed by atoms with E-state index in [2.05, 4.69) is 22.6 Å². The predicted octanol–water partition coefficient (Wildman–Crippen LogP) is 4.40. The van der Waals surface area contributed by atoms with Gasteiger partial charge in [0.1, 0.15) is 6.10 Å². The van der Waals surface area contributed by atoms with Gasteiger partial charge in [0.05, 0.1) is 5.02 Å². The Balaban J connectivity index is 2.33. The molecule has 2 rings (SSSR count). The van der Waals surface area contributed by atoms with Gasteiger partial charge in [0.15, 0.2) is 0 Å². The van der Waals surface area contributed by atoms with Crippen LogP contribution in [0.3, 0.4) is 0 Å². The van der Waals surface area contributed by atoms with Crippen LogP contribution in [0, 0.1) is 10.5 Å². The Kier molecular flexibility index (Phi) is 3.89. The number of aliphatic hydroxyl groups excluding tert-OH is 1.